The smallest absolute Gasteiger partial charge is 0.294 e. The Labute approximate surface area is 187 Å². The highest BCUT2D eigenvalue weighted by Crippen LogP contribution is 2.16. The molecule has 1 amide bonds. The molecule has 3 aromatic rings. The third-order valence-electron chi connectivity index (χ3n) is 5.68. The molecule has 1 saturated heterocycles. The summed E-state index contributed by atoms with van der Waals surface area (Å²) in [4.78, 5) is 32.2. The number of hydrogen-bond acceptors (Lipinski definition) is 6. The number of amides is 1. The molecule has 0 radical (unpaired) electrons. The average Bonchev–Trinajstić information content (AvgIpc) is 3.13. The van der Waals surface area contributed by atoms with Crippen LogP contribution in [-0.2, 0) is 22.6 Å². The topological polar surface area (TPSA) is 94.3 Å². The molecule has 3 heterocycles. The number of rotatable bonds is 8. The van der Waals surface area contributed by atoms with Crippen LogP contribution in [0, 0.1) is 13.8 Å². The minimum absolute atomic E-state index is 0.0703. The van der Waals surface area contributed by atoms with Crippen LogP contribution in [0.2, 0.25) is 0 Å². The maximum absolute atomic E-state index is 13.2. The van der Waals surface area contributed by atoms with Crippen molar-refractivity contribution in [3.8, 4) is 0 Å². The highest BCUT2D eigenvalue weighted by atomic mass is 16.5. The fourth-order valence-electron chi connectivity index (χ4n) is 4.04. The number of benzene rings is 1. The number of hydrogen-bond donors (Lipinski definition) is 1. The molecule has 0 bridgehead atoms. The number of nitrogens with zero attached hydrogens (tertiary/aromatic N) is 5. The summed E-state index contributed by atoms with van der Waals surface area (Å²) in [5.41, 5.74) is 3.44. The Morgan fingerprint density at radius 2 is 1.94 bits per heavy atom. The normalized spacial score (nSPS) is 14.1. The highest BCUT2D eigenvalue weighted by molar-refractivity contribution is 5.78. The predicted octanol–water partition coefficient (Wildman–Crippen LogP) is 1.64. The zero-order valence-corrected chi connectivity index (χ0v) is 18.7. The Morgan fingerprint density at radius 1 is 1.16 bits per heavy atom. The molecule has 170 valence electrons. The van der Waals surface area contributed by atoms with E-state index in [2.05, 4.69) is 15.4 Å². The molecule has 0 atom stereocenters. The summed E-state index contributed by atoms with van der Waals surface area (Å²) in [6.07, 6.45) is 1.03. The van der Waals surface area contributed by atoms with E-state index in [4.69, 9.17) is 4.74 Å². The van der Waals surface area contributed by atoms with Crippen molar-refractivity contribution < 1.29 is 9.53 Å². The van der Waals surface area contributed by atoms with Gasteiger partial charge in [-0.1, -0.05) is 12.1 Å². The van der Waals surface area contributed by atoms with E-state index in [0.29, 0.717) is 45.2 Å². The van der Waals surface area contributed by atoms with Crippen molar-refractivity contribution in [2.45, 2.75) is 39.8 Å². The van der Waals surface area contributed by atoms with Crippen molar-refractivity contribution >= 4 is 22.8 Å². The third kappa shape index (κ3) is 4.99. The van der Waals surface area contributed by atoms with Gasteiger partial charge in [0.25, 0.3) is 5.56 Å². The first-order chi connectivity index (χ1) is 15.5. The van der Waals surface area contributed by atoms with Crippen LogP contribution in [-0.4, -0.2) is 58.1 Å². The van der Waals surface area contributed by atoms with E-state index in [-0.39, 0.29) is 17.9 Å². The summed E-state index contributed by atoms with van der Waals surface area (Å²) in [6.45, 7) is 8.07. The number of aryl methyl sites for hydroxylation is 4. The van der Waals surface area contributed by atoms with Crippen LogP contribution in [0.15, 0.2) is 35.1 Å². The number of morpholine rings is 1. The highest BCUT2D eigenvalue weighted by Gasteiger charge is 2.19. The largest absolute Gasteiger partial charge is 0.378 e. The lowest BCUT2D eigenvalue weighted by atomic mass is 10.2. The van der Waals surface area contributed by atoms with Crippen molar-refractivity contribution in [1.82, 2.24) is 24.6 Å². The van der Waals surface area contributed by atoms with E-state index in [0.717, 1.165) is 35.4 Å². The van der Waals surface area contributed by atoms with Gasteiger partial charge in [0.2, 0.25) is 5.91 Å². The second kappa shape index (κ2) is 9.95. The number of fused-ring (bicyclic) bond motifs is 1. The molecule has 0 spiro atoms. The first-order valence-corrected chi connectivity index (χ1v) is 11.1. The Hall–Kier alpha value is -3.20. The summed E-state index contributed by atoms with van der Waals surface area (Å²) < 4.78 is 9.03. The molecule has 1 N–H and O–H groups in total. The molecule has 1 fully saturated rings. The maximum atomic E-state index is 13.2. The lowest BCUT2D eigenvalue weighted by Crippen LogP contribution is -2.41. The lowest BCUT2D eigenvalue weighted by Gasteiger charge is -2.28. The zero-order valence-electron chi connectivity index (χ0n) is 18.7. The molecule has 1 aliphatic rings. The van der Waals surface area contributed by atoms with Crippen LogP contribution in [0.25, 0.3) is 11.0 Å². The Kier molecular flexibility index (Phi) is 6.84. The van der Waals surface area contributed by atoms with Crippen LogP contribution < -0.4 is 15.8 Å². The molecule has 2 aromatic heterocycles. The van der Waals surface area contributed by atoms with Gasteiger partial charge < -0.3 is 19.5 Å². The van der Waals surface area contributed by atoms with Gasteiger partial charge in [-0.15, -0.1) is 0 Å². The van der Waals surface area contributed by atoms with Crippen LogP contribution in [0.5, 0.6) is 0 Å². The van der Waals surface area contributed by atoms with Crippen LogP contribution in [0.1, 0.15) is 24.2 Å². The molecule has 32 heavy (non-hydrogen) atoms. The zero-order chi connectivity index (χ0) is 22.5. The summed E-state index contributed by atoms with van der Waals surface area (Å²) in [6, 6.07) is 9.60. The molecule has 4 rings (SSSR count). The molecular formula is C23H30N6O3. The number of aromatic nitrogens is 4. The Morgan fingerprint density at radius 3 is 2.69 bits per heavy atom. The van der Waals surface area contributed by atoms with E-state index in [1.54, 1.807) is 4.57 Å². The van der Waals surface area contributed by atoms with Crippen molar-refractivity contribution in [3.63, 3.8) is 0 Å². The van der Waals surface area contributed by atoms with E-state index in [1.165, 1.54) is 0 Å². The quantitative estimate of drug-likeness (QED) is 0.538. The van der Waals surface area contributed by atoms with E-state index in [9.17, 15) is 9.59 Å². The second-order valence-corrected chi connectivity index (χ2v) is 8.08. The summed E-state index contributed by atoms with van der Waals surface area (Å²) >= 11 is 0. The van der Waals surface area contributed by atoms with Crippen LogP contribution >= 0.6 is 0 Å². The number of para-hydroxylation sites is 2. The molecule has 0 aliphatic carbocycles. The number of ether oxygens (including phenoxy) is 1. The Balaban J connectivity index is 1.39. The monoisotopic (exact) mass is 438 g/mol. The summed E-state index contributed by atoms with van der Waals surface area (Å²) in [5, 5.41) is 7.39. The fourth-order valence-corrected chi connectivity index (χ4v) is 4.04. The maximum Gasteiger partial charge on any atom is 0.294 e. The SMILES string of the molecule is Cc1cc(C)n(CCCNC(=O)CCn2c(=O)c(N3CCOCC3)nc3ccccc32)n1. The number of nitrogens with one attached hydrogen (secondary N) is 1. The van der Waals surface area contributed by atoms with Gasteiger partial charge in [-0.05, 0) is 38.5 Å². The first kappa shape index (κ1) is 22.0. The minimum Gasteiger partial charge on any atom is -0.378 e. The molecule has 0 unspecified atom stereocenters. The number of carbonyl (C=O) groups is 1. The van der Waals surface area contributed by atoms with Gasteiger partial charge in [-0.2, -0.15) is 5.10 Å². The molecule has 0 saturated carbocycles. The van der Waals surface area contributed by atoms with E-state index >= 15 is 0 Å². The van der Waals surface area contributed by atoms with Gasteiger partial charge in [0.05, 0.1) is 29.9 Å². The molecule has 9 heteroatoms. The van der Waals surface area contributed by atoms with Gasteiger partial charge in [0, 0.05) is 44.8 Å². The van der Waals surface area contributed by atoms with Crippen molar-refractivity contribution in [3.05, 3.63) is 52.1 Å². The van der Waals surface area contributed by atoms with Crippen molar-refractivity contribution in [2.24, 2.45) is 0 Å². The second-order valence-electron chi connectivity index (χ2n) is 8.08. The standard InChI is InChI=1S/C23H30N6O3/c1-17-16-18(2)29(26-17)10-5-9-24-21(30)8-11-28-20-7-4-3-6-19(20)25-22(23(28)31)27-12-14-32-15-13-27/h3-4,6-7,16H,5,8-15H2,1-2H3,(H,24,30). The van der Waals surface area contributed by atoms with Gasteiger partial charge in [-0.3, -0.25) is 14.3 Å². The van der Waals surface area contributed by atoms with E-state index < -0.39 is 0 Å². The molecular weight excluding hydrogens is 408 g/mol. The summed E-state index contributed by atoms with van der Waals surface area (Å²) in [5.74, 6) is 0.358. The average molecular weight is 439 g/mol. The van der Waals surface area contributed by atoms with Gasteiger partial charge in [0.15, 0.2) is 5.82 Å². The van der Waals surface area contributed by atoms with Crippen LogP contribution in [0.3, 0.4) is 0 Å². The first-order valence-electron chi connectivity index (χ1n) is 11.1. The van der Waals surface area contributed by atoms with Crippen molar-refractivity contribution in [2.75, 3.05) is 37.7 Å². The van der Waals surface area contributed by atoms with Crippen molar-refractivity contribution in [1.29, 1.82) is 0 Å². The predicted molar refractivity (Wildman–Crippen MR) is 123 cm³/mol. The van der Waals surface area contributed by atoms with Gasteiger partial charge in [-0.25, -0.2) is 4.98 Å². The third-order valence-corrected chi connectivity index (χ3v) is 5.68. The molecule has 1 aromatic carbocycles. The van der Waals surface area contributed by atoms with Gasteiger partial charge >= 0.3 is 0 Å². The molecule has 9 nitrogen and oxygen atoms in total. The van der Waals surface area contributed by atoms with Gasteiger partial charge in [0.1, 0.15) is 0 Å². The van der Waals surface area contributed by atoms with Crippen LogP contribution in [0.4, 0.5) is 5.82 Å². The number of carbonyl (C=O) groups excluding carboxylic acids is 1. The summed E-state index contributed by atoms with van der Waals surface area (Å²) in [7, 11) is 0. The molecule has 1 aliphatic heterocycles. The minimum atomic E-state index is -0.164. The Bertz CT molecular complexity index is 1150. The fraction of sp³-hybridized carbons (Fsp3) is 0.478. The number of anilines is 1. The van der Waals surface area contributed by atoms with E-state index in [1.807, 2.05) is 53.8 Å². The lowest BCUT2D eigenvalue weighted by molar-refractivity contribution is -0.121.